The Balaban J connectivity index is 1.75. The van der Waals surface area contributed by atoms with Gasteiger partial charge in [-0.2, -0.15) is 0 Å². The minimum atomic E-state index is 0.278. The molecule has 2 aromatic rings. The molecule has 0 saturated heterocycles. The fraction of sp³-hybridized carbons (Fsp3) is 0.294. The van der Waals surface area contributed by atoms with Crippen molar-refractivity contribution in [2.45, 2.75) is 13.5 Å². The number of ether oxygens (including phenoxy) is 4. The molecule has 0 aliphatic carbocycles. The van der Waals surface area contributed by atoms with Crippen LogP contribution in [0.15, 0.2) is 34.8 Å². The van der Waals surface area contributed by atoms with Gasteiger partial charge in [-0.25, -0.2) is 0 Å². The van der Waals surface area contributed by atoms with Crippen LogP contribution < -0.4 is 24.3 Å². The first kappa shape index (κ1) is 15.8. The molecule has 0 fully saturated rings. The van der Waals surface area contributed by atoms with Crippen LogP contribution in [0.5, 0.6) is 23.0 Å². The van der Waals surface area contributed by atoms with Gasteiger partial charge in [0.25, 0.3) is 0 Å². The van der Waals surface area contributed by atoms with Crippen molar-refractivity contribution in [1.29, 1.82) is 0 Å². The number of fused-ring (bicyclic) bond motifs is 1. The summed E-state index contributed by atoms with van der Waals surface area (Å²) in [5.41, 5.74) is 2.04. The van der Waals surface area contributed by atoms with Gasteiger partial charge in [0.2, 0.25) is 6.79 Å². The second kappa shape index (κ2) is 7.00. The van der Waals surface area contributed by atoms with E-state index in [-0.39, 0.29) is 6.79 Å². The van der Waals surface area contributed by atoms with Crippen LogP contribution in [0.25, 0.3) is 0 Å². The van der Waals surface area contributed by atoms with Crippen molar-refractivity contribution in [1.82, 2.24) is 0 Å². The predicted octanol–water partition coefficient (Wildman–Crippen LogP) is 4.20. The Morgan fingerprint density at radius 2 is 1.96 bits per heavy atom. The van der Waals surface area contributed by atoms with E-state index in [1.165, 1.54) is 0 Å². The van der Waals surface area contributed by atoms with E-state index in [0.29, 0.717) is 13.2 Å². The standard InChI is InChI=1S/C17H18BrNO4/c1-3-21-17-8-13(18)11(6-15(17)20-2)9-19-12-4-5-14-16(7-12)23-10-22-14/h4-8,19H,3,9-10H2,1-2H3. The molecule has 0 spiro atoms. The molecule has 122 valence electrons. The Kier molecular flexibility index (Phi) is 4.81. The lowest BCUT2D eigenvalue weighted by Crippen LogP contribution is -2.02. The highest BCUT2D eigenvalue weighted by molar-refractivity contribution is 9.10. The molecule has 0 radical (unpaired) electrons. The average molecular weight is 380 g/mol. The first-order chi connectivity index (χ1) is 11.2. The molecule has 5 nitrogen and oxygen atoms in total. The summed E-state index contributed by atoms with van der Waals surface area (Å²) >= 11 is 3.58. The summed E-state index contributed by atoms with van der Waals surface area (Å²) in [5.74, 6) is 2.99. The van der Waals surface area contributed by atoms with Gasteiger partial charge in [-0.05, 0) is 36.8 Å². The molecule has 0 bridgehead atoms. The van der Waals surface area contributed by atoms with E-state index in [4.69, 9.17) is 18.9 Å². The summed E-state index contributed by atoms with van der Waals surface area (Å²) in [6.07, 6.45) is 0. The minimum absolute atomic E-state index is 0.278. The normalized spacial score (nSPS) is 12.1. The van der Waals surface area contributed by atoms with Crippen LogP contribution >= 0.6 is 15.9 Å². The molecule has 0 unspecified atom stereocenters. The maximum absolute atomic E-state index is 5.57. The van der Waals surface area contributed by atoms with Crippen molar-refractivity contribution in [3.8, 4) is 23.0 Å². The highest BCUT2D eigenvalue weighted by Gasteiger charge is 2.14. The minimum Gasteiger partial charge on any atom is -0.493 e. The third-order valence-corrected chi connectivity index (χ3v) is 4.23. The van der Waals surface area contributed by atoms with Gasteiger partial charge in [0.05, 0.1) is 13.7 Å². The third-order valence-electron chi connectivity index (χ3n) is 3.49. The van der Waals surface area contributed by atoms with Crippen molar-refractivity contribution < 1.29 is 18.9 Å². The number of halogens is 1. The molecule has 2 aromatic carbocycles. The summed E-state index contributed by atoms with van der Waals surface area (Å²) in [6, 6.07) is 9.70. The summed E-state index contributed by atoms with van der Waals surface area (Å²) in [7, 11) is 1.64. The second-order valence-corrected chi connectivity index (χ2v) is 5.80. The summed E-state index contributed by atoms with van der Waals surface area (Å²) < 4.78 is 22.6. The number of methoxy groups -OCH3 is 1. The summed E-state index contributed by atoms with van der Waals surface area (Å²) in [6.45, 7) is 3.46. The van der Waals surface area contributed by atoms with Crippen LogP contribution in [-0.4, -0.2) is 20.5 Å². The number of anilines is 1. The molecule has 1 heterocycles. The van der Waals surface area contributed by atoms with Gasteiger partial charge in [0.1, 0.15) is 0 Å². The van der Waals surface area contributed by atoms with E-state index in [2.05, 4.69) is 21.2 Å². The van der Waals surface area contributed by atoms with E-state index < -0.39 is 0 Å². The van der Waals surface area contributed by atoms with Gasteiger partial charge in [0.15, 0.2) is 23.0 Å². The molecule has 1 aliphatic heterocycles. The van der Waals surface area contributed by atoms with Crippen molar-refractivity contribution in [2.75, 3.05) is 25.8 Å². The van der Waals surface area contributed by atoms with E-state index in [0.717, 1.165) is 38.7 Å². The van der Waals surface area contributed by atoms with Gasteiger partial charge in [0, 0.05) is 22.8 Å². The molecule has 3 rings (SSSR count). The van der Waals surface area contributed by atoms with Crippen LogP contribution in [-0.2, 0) is 6.54 Å². The van der Waals surface area contributed by atoms with Gasteiger partial charge in [-0.3, -0.25) is 0 Å². The first-order valence-corrected chi connectivity index (χ1v) is 8.13. The number of rotatable bonds is 6. The summed E-state index contributed by atoms with van der Waals surface area (Å²) in [4.78, 5) is 0. The second-order valence-electron chi connectivity index (χ2n) is 4.95. The van der Waals surface area contributed by atoms with Crippen molar-refractivity contribution in [3.05, 3.63) is 40.4 Å². The van der Waals surface area contributed by atoms with Gasteiger partial charge < -0.3 is 24.3 Å². The van der Waals surface area contributed by atoms with Crippen LogP contribution in [0, 0.1) is 0 Å². The van der Waals surface area contributed by atoms with Crippen LogP contribution in [0.1, 0.15) is 12.5 Å². The van der Waals surface area contributed by atoms with Gasteiger partial charge in [-0.15, -0.1) is 0 Å². The SMILES string of the molecule is CCOc1cc(Br)c(CNc2ccc3c(c2)OCO3)cc1OC. The lowest BCUT2D eigenvalue weighted by Gasteiger charge is -2.14. The zero-order valence-corrected chi connectivity index (χ0v) is 14.6. The van der Waals surface area contributed by atoms with Crippen LogP contribution in [0.3, 0.4) is 0 Å². The average Bonchev–Trinajstić information content (AvgIpc) is 3.02. The fourth-order valence-corrected chi connectivity index (χ4v) is 2.81. The Morgan fingerprint density at radius 3 is 2.74 bits per heavy atom. The zero-order valence-electron chi connectivity index (χ0n) is 13.0. The summed E-state index contributed by atoms with van der Waals surface area (Å²) in [5, 5.41) is 3.37. The number of hydrogen-bond acceptors (Lipinski definition) is 5. The molecule has 1 aliphatic rings. The molecule has 0 atom stereocenters. The molecule has 1 N–H and O–H groups in total. The topological polar surface area (TPSA) is 49.0 Å². The number of hydrogen-bond donors (Lipinski definition) is 1. The van der Waals surface area contributed by atoms with Crippen molar-refractivity contribution in [3.63, 3.8) is 0 Å². The van der Waals surface area contributed by atoms with Crippen molar-refractivity contribution in [2.24, 2.45) is 0 Å². The third kappa shape index (κ3) is 3.47. The van der Waals surface area contributed by atoms with Gasteiger partial charge in [-0.1, -0.05) is 15.9 Å². The van der Waals surface area contributed by atoms with E-state index in [1.807, 2.05) is 37.3 Å². The molecule has 0 amide bonds. The van der Waals surface area contributed by atoms with E-state index in [9.17, 15) is 0 Å². The Hall–Kier alpha value is -2.08. The molecule has 0 aromatic heterocycles. The Morgan fingerprint density at radius 1 is 1.13 bits per heavy atom. The van der Waals surface area contributed by atoms with E-state index in [1.54, 1.807) is 7.11 Å². The van der Waals surface area contributed by atoms with Crippen molar-refractivity contribution >= 4 is 21.6 Å². The fourth-order valence-electron chi connectivity index (χ4n) is 2.34. The lowest BCUT2D eigenvalue weighted by atomic mass is 10.2. The van der Waals surface area contributed by atoms with E-state index >= 15 is 0 Å². The number of benzene rings is 2. The molecule has 6 heteroatoms. The largest absolute Gasteiger partial charge is 0.493 e. The van der Waals surface area contributed by atoms with Crippen LogP contribution in [0.2, 0.25) is 0 Å². The monoisotopic (exact) mass is 379 g/mol. The highest BCUT2D eigenvalue weighted by atomic mass is 79.9. The first-order valence-electron chi connectivity index (χ1n) is 7.34. The van der Waals surface area contributed by atoms with Crippen LogP contribution in [0.4, 0.5) is 5.69 Å². The smallest absolute Gasteiger partial charge is 0.231 e. The predicted molar refractivity (Wildman–Crippen MR) is 91.8 cm³/mol. The highest BCUT2D eigenvalue weighted by Crippen LogP contribution is 2.36. The maximum atomic E-state index is 5.57. The molecular weight excluding hydrogens is 362 g/mol. The Bertz CT molecular complexity index is 705. The number of nitrogens with one attached hydrogen (secondary N) is 1. The Labute approximate surface area is 143 Å². The molecule has 0 saturated carbocycles. The van der Waals surface area contributed by atoms with Gasteiger partial charge >= 0.3 is 0 Å². The zero-order chi connectivity index (χ0) is 16.2. The molecular formula is C17H18BrNO4. The quantitative estimate of drug-likeness (QED) is 0.814. The maximum Gasteiger partial charge on any atom is 0.231 e. The lowest BCUT2D eigenvalue weighted by molar-refractivity contribution is 0.174. The molecule has 23 heavy (non-hydrogen) atoms.